The minimum absolute atomic E-state index is 0. The lowest BCUT2D eigenvalue weighted by Gasteiger charge is -2.38. The minimum Gasteiger partial charge on any atom is -0.392 e. The van der Waals surface area contributed by atoms with Crippen LogP contribution in [-0.4, -0.2) is 89.7 Å². The lowest BCUT2D eigenvalue weighted by atomic mass is 10.1. The van der Waals surface area contributed by atoms with Crippen LogP contribution in [0.2, 0.25) is 0 Å². The molecule has 0 aromatic carbocycles. The standard InChI is InChI=1S/C14H26N4O3.ClH/c1-3-16(4-2)14(21)18-7-5-17(6-8-18)13(20)12-9-11(19)10-15-12;/h11-12,15,19H,3-10H2,1-2H3;1H. The van der Waals surface area contributed by atoms with Gasteiger partial charge in [-0.3, -0.25) is 4.79 Å². The molecule has 2 rings (SSSR count). The molecule has 128 valence electrons. The zero-order valence-corrected chi connectivity index (χ0v) is 14.1. The van der Waals surface area contributed by atoms with Gasteiger partial charge in [0, 0.05) is 45.8 Å². The number of piperazine rings is 1. The molecular formula is C14H27ClN4O3. The Balaban J connectivity index is 0.00000242. The van der Waals surface area contributed by atoms with E-state index in [0.29, 0.717) is 52.2 Å². The number of hydrogen-bond acceptors (Lipinski definition) is 4. The third kappa shape index (κ3) is 4.24. The summed E-state index contributed by atoms with van der Waals surface area (Å²) in [5.74, 6) is 0.0430. The highest BCUT2D eigenvalue weighted by Crippen LogP contribution is 2.12. The van der Waals surface area contributed by atoms with Gasteiger partial charge in [0.25, 0.3) is 0 Å². The van der Waals surface area contributed by atoms with Crippen LogP contribution in [0.5, 0.6) is 0 Å². The van der Waals surface area contributed by atoms with Crippen molar-refractivity contribution in [1.29, 1.82) is 0 Å². The third-order valence-electron chi connectivity index (χ3n) is 4.30. The molecular weight excluding hydrogens is 308 g/mol. The van der Waals surface area contributed by atoms with Gasteiger partial charge in [0.15, 0.2) is 0 Å². The van der Waals surface area contributed by atoms with E-state index in [1.165, 1.54) is 0 Å². The van der Waals surface area contributed by atoms with Gasteiger partial charge in [0.2, 0.25) is 5.91 Å². The molecule has 0 spiro atoms. The molecule has 2 heterocycles. The Morgan fingerprint density at radius 2 is 1.68 bits per heavy atom. The third-order valence-corrected chi connectivity index (χ3v) is 4.30. The van der Waals surface area contributed by atoms with Crippen molar-refractivity contribution in [3.63, 3.8) is 0 Å². The van der Waals surface area contributed by atoms with Crippen LogP contribution in [0, 0.1) is 0 Å². The lowest BCUT2D eigenvalue weighted by molar-refractivity contribution is -0.134. The highest BCUT2D eigenvalue weighted by atomic mass is 35.5. The highest BCUT2D eigenvalue weighted by Gasteiger charge is 2.33. The molecule has 7 nitrogen and oxygen atoms in total. The first kappa shape index (κ1) is 19.0. The van der Waals surface area contributed by atoms with E-state index in [1.807, 2.05) is 18.7 Å². The Hall–Kier alpha value is -1.05. The fourth-order valence-electron chi connectivity index (χ4n) is 2.94. The van der Waals surface area contributed by atoms with Crippen molar-refractivity contribution < 1.29 is 14.7 Å². The van der Waals surface area contributed by atoms with Crippen molar-refractivity contribution in [2.75, 3.05) is 45.8 Å². The normalized spacial score (nSPS) is 24.9. The number of urea groups is 1. The zero-order valence-electron chi connectivity index (χ0n) is 13.3. The topological polar surface area (TPSA) is 76.1 Å². The van der Waals surface area contributed by atoms with Crippen LogP contribution in [0.25, 0.3) is 0 Å². The maximum absolute atomic E-state index is 12.3. The molecule has 2 aliphatic heterocycles. The SMILES string of the molecule is CCN(CC)C(=O)N1CCN(C(=O)C2CC(O)CN2)CC1.Cl. The van der Waals surface area contributed by atoms with E-state index in [4.69, 9.17) is 0 Å². The van der Waals surface area contributed by atoms with Crippen LogP contribution in [0.3, 0.4) is 0 Å². The predicted octanol–water partition coefficient (Wildman–Crippen LogP) is -0.263. The predicted molar refractivity (Wildman–Crippen MR) is 86.1 cm³/mol. The molecule has 2 fully saturated rings. The van der Waals surface area contributed by atoms with Gasteiger partial charge in [-0.2, -0.15) is 0 Å². The molecule has 2 saturated heterocycles. The molecule has 2 atom stereocenters. The van der Waals surface area contributed by atoms with E-state index in [-0.39, 0.29) is 30.4 Å². The first-order chi connectivity index (χ1) is 10.1. The molecule has 0 radical (unpaired) electrons. The Labute approximate surface area is 138 Å². The number of hydrogen-bond donors (Lipinski definition) is 2. The summed E-state index contributed by atoms with van der Waals surface area (Å²) in [5.41, 5.74) is 0. The molecule has 0 aromatic heterocycles. The monoisotopic (exact) mass is 334 g/mol. The van der Waals surface area contributed by atoms with Crippen molar-refractivity contribution in [3.05, 3.63) is 0 Å². The smallest absolute Gasteiger partial charge is 0.320 e. The second kappa shape index (κ2) is 8.55. The van der Waals surface area contributed by atoms with Gasteiger partial charge in [-0.25, -0.2) is 4.79 Å². The summed E-state index contributed by atoms with van der Waals surface area (Å²) in [5, 5.41) is 12.5. The Morgan fingerprint density at radius 1 is 1.14 bits per heavy atom. The molecule has 0 aromatic rings. The molecule has 3 amide bonds. The van der Waals surface area contributed by atoms with Crippen LogP contribution >= 0.6 is 12.4 Å². The van der Waals surface area contributed by atoms with E-state index in [0.717, 1.165) is 0 Å². The van der Waals surface area contributed by atoms with Crippen molar-refractivity contribution in [2.24, 2.45) is 0 Å². The number of β-amino-alcohol motifs (C(OH)–C–C–N with tert-alkyl or cyclic N) is 1. The van der Waals surface area contributed by atoms with Crippen LogP contribution in [0.15, 0.2) is 0 Å². The highest BCUT2D eigenvalue weighted by molar-refractivity contribution is 5.85. The van der Waals surface area contributed by atoms with Crippen LogP contribution in [0.1, 0.15) is 20.3 Å². The zero-order chi connectivity index (χ0) is 15.4. The number of aliphatic hydroxyl groups is 1. The maximum Gasteiger partial charge on any atom is 0.320 e. The fraction of sp³-hybridized carbons (Fsp3) is 0.857. The van der Waals surface area contributed by atoms with E-state index >= 15 is 0 Å². The number of rotatable bonds is 3. The Bertz CT molecular complexity index is 384. The van der Waals surface area contributed by atoms with Gasteiger partial charge in [-0.1, -0.05) is 0 Å². The van der Waals surface area contributed by atoms with Gasteiger partial charge in [0.1, 0.15) is 0 Å². The van der Waals surface area contributed by atoms with E-state index in [1.54, 1.807) is 9.80 Å². The summed E-state index contributed by atoms with van der Waals surface area (Å²) in [6.45, 7) is 8.14. The largest absolute Gasteiger partial charge is 0.392 e. The number of aliphatic hydroxyl groups excluding tert-OH is 1. The van der Waals surface area contributed by atoms with Crippen LogP contribution in [-0.2, 0) is 4.79 Å². The number of carbonyl (C=O) groups is 2. The molecule has 0 saturated carbocycles. The van der Waals surface area contributed by atoms with Crippen LogP contribution in [0.4, 0.5) is 4.79 Å². The summed E-state index contributed by atoms with van der Waals surface area (Å²) < 4.78 is 0. The van der Waals surface area contributed by atoms with Crippen molar-refractivity contribution in [1.82, 2.24) is 20.0 Å². The summed E-state index contributed by atoms with van der Waals surface area (Å²) in [6, 6.07) is -0.216. The summed E-state index contributed by atoms with van der Waals surface area (Å²) in [4.78, 5) is 30.0. The van der Waals surface area contributed by atoms with E-state index < -0.39 is 6.10 Å². The molecule has 0 bridgehead atoms. The lowest BCUT2D eigenvalue weighted by Crippen LogP contribution is -2.56. The molecule has 2 aliphatic rings. The van der Waals surface area contributed by atoms with E-state index in [9.17, 15) is 14.7 Å². The van der Waals surface area contributed by atoms with Crippen molar-refractivity contribution in [2.45, 2.75) is 32.4 Å². The van der Waals surface area contributed by atoms with Gasteiger partial charge in [-0.15, -0.1) is 12.4 Å². The average molecular weight is 335 g/mol. The molecule has 22 heavy (non-hydrogen) atoms. The molecule has 2 unspecified atom stereocenters. The number of amides is 3. The first-order valence-corrected chi connectivity index (χ1v) is 7.80. The van der Waals surface area contributed by atoms with Gasteiger partial charge in [-0.05, 0) is 20.3 Å². The van der Waals surface area contributed by atoms with Crippen molar-refractivity contribution >= 4 is 24.3 Å². The molecule has 0 aliphatic carbocycles. The Morgan fingerprint density at radius 3 is 2.14 bits per heavy atom. The number of halogens is 1. The Kier molecular flexibility index (Phi) is 7.38. The van der Waals surface area contributed by atoms with Gasteiger partial charge < -0.3 is 25.1 Å². The second-order valence-electron chi connectivity index (χ2n) is 5.62. The summed E-state index contributed by atoms with van der Waals surface area (Å²) >= 11 is 0. The summed E-state index contributed by atoms with van der Waals surface area (Å²) in [7, 11) is 0. The number of nitrogens with one attached hydrogen (secondary N) is 1. The number of nitrogens with zero attached hydrogens (tertiary/aromatic N) is 3. The van der Waals surface area contributed by atoms with Crippen LogP contribution < -0.4 is 5.32 Å². The fourth-order valence-corrected chi connectivity index (χ4v) is 2.94. The minimum atomic E-state index is -0.426. The van der Waals surface area contributed by atoms with Crippen molar-refractivity contribution in [3.8, 4) is 0 Å². The van der Waals surface area contributed by atoms with Gasteiger partial charge >= 0.3 is 6.03 Å². The van der Waals surface area contributed by atoms with E-state index in [2.05, 4.69) is 5.32 Å². The maximum atomic E-state index is 12.3. The molecule has 2 N–H and O–H groups in total. The number of carbonyl (C=O) groups excluding carboxylic acids is 2. The summed E-state index contributed by atoms with van der Waals surface area (Å²) in [6.07, 6.45) is 0.0572. The second-order valence-corrected chi connectivity index (χ2v) is 5.62. The average Bonchev–Trinajstić information content (AvgIpc) is 2.94. The van der Waals surface area contributed by atoms with Gasteiger partial charge in [0.05, 0.1) is 12.1 Å². The first-order valence-electron chi connectivity index (χ1n) is 7.80. The molecule has 8 heteroatoms. The quantitative estimate of drug-likeness (QED) is 0.745.